The van der Waals surface area contributed by atoms with Crippen molar-refractivity contribution in [3.05, 3.63) is 11.6 Å². The van der Waals surface area contributed by atoms with Crippen LogP contribution in [0, 0.1) is 11.8 Å². The Morgan fingerprint density at radius 3 is 2.86 bits per heavy atom. The van der Waals surface area contributed by atoms with Crippen LogP contribution in [0.2, 0.25) is 0 Å². The predicted molar refractivity (Wildman–Crippen MR) is 30.8 cm³/mol. The Labute approximate surface area is 44.2 Å². The highest BCUT2D eigenvalue weighted by Gasteiger charge is 1.93. The molecular weight excluding hydrogens is 84.1 g/mol. The van der Waals surface area contributed by atoms with Crippen LogP contribution in [0.15, 0.2) is 11.6 Å². The van der Waals surface area contributed by atoms with Crippen LogP contribution in [-0.4, -0.2) is 0 Å². The van der Waals surface area contributed by atoms with E-state index in [-0.39, 0.29) is 0 Å². The summed E-state index contributed by atoms with van der Waals surface area (Å²) in [5.74, 6) is 6.02. The molecule has 36 valence electrons. The van der Waals surface area contributed by atoms with Crippen LogP contribution in [0.5, 0.6) is 0 Å². The van der Waals surface area contributed by atoms with Gasteiger partial charge in [-0.25, -0.2) is 0 Å². The topological polar surface area (TPSA) is 0 Å². The SMILES string of the molecule is C/C=C1/C#CCC1. The van der Waals surface area contributed by atoms with E-state index in [9.17, 15) is 0 Å². The second-order valence-electron chi connectivity index (χ2n) is 1.62. The van der Waals surface area contributed by atoms with Crippen LogP contribution in [0.3, 0.4) is 0 Å². The van der Waals surface area contributed by atoms with Gasteiger partial charge in [0.2, 0.25) is 0 Å². The fraction of sp³-hybridized carbons (Fsp3) is 0.429. The lowest BCUT2D eigenvalue weighted by Gasteiger charge is -1.81. The molecule has 0 heterocycles. The Hall–Kier alpha value is -0.700. The summed E-state index contributed by atoms with van der Waals surface area (Å²) < 4.78 is 0. The quantitative estimate of drug-likeness (QED) is 0.399. The molecule has 0 fully saturated rings. The molecule has 0 spiro atoms. The zero-order valence-corrected chi connectivity index (χ0v) is 4.49. The predicted octanol–water partition coefficient (Wildman–Crippen LogP) is 1.73. The van der Waals surface area contributed by atoms with Crippen molar-refractivity contribution in [1.29, 1.82) is 0 Å². The summed E-state index contributed by atoms with van der Waals surface area (Å²) in [6.07, 6.45) is 4.30. The van der Waals surface area contributed by atoms with Crippen molar-refractivity contribution >= 4 is 0 Å². The fourth-order valence-corrected chi connectivity index (χ4v) is 0.652. The molecule has 0 aliphatic heterocycles. The highest BCUT2D eigenvalue weighted by atomic mass is 14.0. The minimum atomic E-state index is 1.07. The molecule has 0 unspecified atom stereocenters. The molecule has 0 heteroatoms. The fourth-order valence-electron chi connectivity index (χ4n) is 0.652. The first-order valence-electron chi connectivity index (χ1n) is 2.57. The average molecular weight is 92.1 g/mol. The summed E-state index contributed by atoms with van der Waals surface area (Å²) in [7, 11) is 0. The summed E-state index contributed by atoms with van der Waals surface area (Å²) in [6, 6.07) is 0. The first-order valence-corrected chi connectivity index (χ1v) is 2.57. The maximum absolute atomic E-state index is 3.02. The molecule has 1 rings (SSSR count). The van der Waals surface area contributed by atoms with Crippen LogP contribution < -0.4 is 0 Å². The molecule has 0 N–H and O–H groups in total. The molecule has 1 aliphatic carbocycles. The molecular formula is C7H8. The molecule has 0 nitrogen and oxygen atoms in total. The van der Waals surface area contributed by atoms with Crippen molar-refractivity contribution in [2.45, 2.75) is 19.8 Å². The van der Waals surface area contributed by atoms with Crippen molar-refractivity contribution in [2.75, 3.05) is 0 Å². The number of hydrogen-bond donors (Lipinski definition) is 0. The van der Waals surface area contributed by atoms with E-state index in [2.05, 4.69) is 17.9 Å². The lowest BCUT2D eigenvalue weighted by atomic mass is 10.2. The van der Waals surface area contributed by atoms with Crippen molar-refractivity contribution in [3.8, 4) is 11.8 Å². The van der Waals surface area contributed by atoms with Crippen molar-refractivity contribution in [2.24, 2.45) is 0 Å². The molecule has 0 atom stereocenters. The molecule has 0 amide bonds. The van der Waals surface area contributed by atoms with Crippen LogP contribution >= 0.6 is 0 Å². The van der Waals surface area contributed by atoms with Crippen molar-refractivity contribution < 1.29 is 0 Å². The Morgan fingerprint density at radius 2 is 2.57 bits per heavy atom. The first-order chi connectivity index (χ1) is 3.43. The van der Waals surface area contributed by atoms with Gasteiger partial charge in [0.1, 0.15) is 0 Å². The average Bonchev–Trinajstić information content (AvgIpc) is 2.14. The molecule has 0 saturated heterocycles. The smallest absolute Gasteiger partial charge is 0.0139 e. The van der Waals surface area contributed by atoms with Gasteiger partial charge < -0.3 is 0 Å². The van der Waals surface area contributed by atoms with Crippen LogP contribution in [0.1, 0.15) is 19.8 Å². The third-order valence-electron chi connectivity index (χ3n) is 1.12. The summed E-state index contributed by atoms with van der Waals surface area (Å²) in [5.41, 5.74) is 1.31. The van der Waals surface area contributed by atoms with E-state index in [0.717, 1.165) is 12.8 Å². The maximum Gasteiger partial charge on any atom is 0.0139 e. The van der Waals surface area contributed by atoms with Gasteiger partial charge in [0, 0.05) is 6.42 Å². The van der Waals surface area contributed by atoms with E-state index in [1.54, 1.807) is 0 Å². The van der Waals surface area contributed by atoms with Crippen molar-refractivity contribution in [1.82, 2.24) is 0 Å². The standard InChI is InChI=1S/C7H8/c1-2-7-5-3-4-6-7/h2H,3,5H2,1H3/b7-2+. The molecule has 0 aromatic heterocycles. The van der Waals surface area contributed by atoms with E-state index in [1.165, 1.54) is 5.57 Å². The monoisotopic (exact) mass is 92.1 g/mol. The number of hydrogen-bond acceptors (Lipinski definition) is 0. The molecule has 0 bridgehead atoms. The second kappa shape index (κ2) is 1.84. The zero-order valence-electron chi connectivity index (χ0n) is 4.49. The largest absolute Gasteiger partial charge is 0.0979 e. The minimum absolute atomic E-state index is 1.07. The van der Waals surface area contributed by atoms with E-state index in [1.807, 2.05) is 6.92 Å². The van der Waals surface area contributed by atoms with Gasteiger partial charge in [-0.15, -0.1) is 0 Å². The Balaban J connectivity index is 2.66. The highest BCUT2D eigenvalue weighted by Crippen LogP contribution is 2.07. The summed E-state index contributed by atoms with van der Waals surface area (Å²) >= 11 is 0. The molecule has 0 radical (unpaired) electrons. The summed E-state index contributed by atoms with van der Waals surface area (Å²) in [4.78, 5) is 0. The molecule has 1 aliphatic rings. The Bertz CT molecular complexity index is 141. The maximum atomic E-state index is 3.02. The summed E-state index contributed by atoms with van der Waals surface area (Å²) in [6.45, 7) is 2.04. The first kappa shape index (κ1) is 4.46. The van der Waals surface area contributed by atoms with E-state index in [4.69, 9.17) is 0 Å². The van der Waals surface area contributed by atoms with E-state index >= 15 is 0 Å². The lowest BCUT2D eigenvalue weighted by Crippen LogP contribution is -1.66. The normalized spacial score (nSPS) is 22.1. The van der Waals surface area contributed by atoms with Gasteiger partial charge in [-0.2, -0.15) is 0 Å². The van der Waals surface area contributed by atoms with Crippen LogP contribution in [0.25, 0.3) is 0 Å². The second-order valence-corrected chi connectivity index (χ2v) is 1.62. The third-order valence-corrected chi connectivity index (χ3v) is 1.12. The van der Waals surface area contributed by atoms with E-state index < -0.39 is 0 Å². The van der Waals surface area contributed by atoms with Gasteiger partial charge >= 0.3 is 0 Å². The van der Waals surface area contributed by atoms with Gasteiger partial charge in [0.15, 0.2) is 0 Å². The van der Waals surface area contributed by atoms with Gasteiger partial charge in [0.05, 0.1) is 0 Å². The van der Waals surface area contributed by atoms with Crippen molar-refractivity contribution in [3.63, 3.8) is 0 Å². The Kier molecular flexibility index (Phi) is 1.17. The number of allylic oxidation sites excluding steroid dienone is 2. The highest BCUT2D eigenvalue weighted by molar-refractivity contribution is 5.33. The van der Waals surface area contributed by atoms with E-state index in [0.29, 0.717) is 0 Å². The van der Waals surface area contributed by atoms with Crippen LogP contribution in [0.4, 0.5) is 0 Å². The molecule has 0 aromatic carbocycles. The van der Waals surface area contributed by atoms with Crippen LogP contribution in [-0.2, 0) is 0 Å². The van der Waals surface area contributed by atoms with Gasteiger partial charge in [-0.1, -0.05) is 17.9 Å². The third kappa shape index (κ3) is 0.838. The minimum Gasteiger partial charge on any atom is -0.0979 e. The summed E-state index contributed by atoms with van der Waals surface area (Å²) in [5, 5.41) is 0. The molecule has 0 aromatic rings. The molecule has 0 saturated carbocycles. The van der Waals surface area contributed by atoms with Gasteiger partial charge in [0.25, 0.3) is 0 Å². The lowest BCUT2D eigenvalue weighted by molar-refractivity contribution is 1.07. The molecule has 7 heavy (non-hydrogen) atoms. The number of rotatable bonds is 0. The Morgan fingerprint density at radius 1 is 1.71 bits per heavy atom. The van der Waals surface area contributed by atoms with Gasteiger partial charge in [-0.3, -0.25) is 0 Å². The van der Waals surface area contributed by atoms with Gasteiger partial charge in [-0.05, 0) is 18.9 Å². The zero-order chi connectivity index (χ0) is 5.11.